The number of H-pyrrole nitrogens is 1. The van der Waals surface area contributed by atoms with Gasteiger partial charge in [-0.1, -0.05) is 6.92 Å². The van der Waals surface area contributed by atoms with Crippen LogP contribution in [0.15, 0.2) is 29.4 Å². The van der Waals surface area contributed by atoms with E-state index in [0.717, 1.165) is 18.3 Å². The number of hydrogen-bond donors (Lipinski definition) is 2. The molecular weight excluding hydrogens is 303 g/mol. The average Bonchev–Trinajstić information content (AvgIpc) is 2.90. The predicted octanol–water partition coefficient (Wildman–Crippen LogP) is 1.82. The fourth-order valence-electron chi connectivity index (χ4n) is 1.60. The molecule has 2 aromatic rings. The minimum Gasteiger partial charge on any atom is -0.332 e. The molecule has 1 heterocycles. The fourth-order valence-corrected chi connectivity index (χ4v) is 2.62. The predicted molar refractivity (Wildman–Crippen MR) is 71.8 cm³/mol. The maximum Gasteiger partial charge on any atom is 0.296 e. The van der Waals surface area contributed by atoms with E-state index in [2.05, 4.69) is 9.97 Å². The van der Waals surface area contributed by atoms with Gasteiger partial charge in [-0.3, -0.25) is 14.8 Å². The molecule has 0 atom stereocenters. The number of benzene rings is 1. The van der Waals surface area contributed by atoms with Crippen LogP contribution in [0.5, 0.6) is 0 Å². The van der Waals surface area contributed by atoms with Crippen molar-refractivity contribution in [1.82, 2.24) is 9.97 Å². The highest BCUT2D eigenvalue weighted by Gasteiger charge is 2.23. The second kappa shape index (κ2) is 5.48. The van der Waals surface area contributed by atoms with Gasteiger partial charge in [-0.15, -0.1) is 0 Å². The Morgan fingerprint density at radius 3 is 2.76 bits per heavy atom. The lowest BCUT2D eigenvalue weighted by atomic mass is 10.3. The van der Waals surface area contributed by atoms with E-state index in [9.17, 15) is 22.9 Å². The first-order valence-corrected chi connectivity index (χ1v) is 7.32. The van der Waals surface area contributed by atoms with Crippen LogP contribution in [0.2, 0.25) is 0 Å². The number of hydrogen-bond acceptors (Lipinski definition) is 5. The van der Waals surface area contributed by atoms with Crippen LogP contribution in [0.4, 0.5) is 15.8 Å². The quantitative estimate of drug-likeness (QED) is 0.644. The summed E-state index contributed by atoms with van der Waals surface area (Å²) in [6.07, 6.45) is 1.61. The summed E-state index contributed by atoms with van der Waals surface area (Å²) in [5, 5.41) is 10.6. The molecule has 0 spiro atoms. The maximum atomic E-state index is 13.0. The van der Waals surface area contributed by atoms with E-state index >= 15 is 0 Å². The number of nitro groups is 1. The lowest BCUT2D eigenvalue weighted by Crippen LogP contribution is -2.14. The van der Waals surface area contributed by atoms with Gasteiger partial charge in [0.1, 0.15) is 17.3 Å². The largest absolute Gasteiger partial charge is 0.332 e. The molecule has 0 aliphatic rings. The molecule has 112 valence electrons. The van der Waals surface area contributed by atoms with Crippen LogP contribution >= 0.6 is 0 Å². The molecule has 0 aliphatic carbocycles. The summed E-state index contributed by atoms with van der Waals surface area (Å²) >= 11 is 0. The van der Waals surface area contributed by atoms with Crippen LogP contribution < -0.4 is 4.72 Å². The number of aryl methyl sites for hydroxylation is 1. The summed E-state index contributed by atoms with van der Waals surface area (Å²) in [7, 11) is -4.07. The van der Waals surface area contributed by atoms with Gasteiger partial charge in [-0.05, 0) is 12.1 Å². The number of halogens is 1. The topological polar surface area (TPSA) is 118 Å². The fraction of sp³-hybridized carbons (Fsp3) is 0.182. The molecule has 1 aromatic carbocycles. The van der Waals surface area contributed by atoms with E-state index < -0.39 is 26.5 Å². The van der Waals surface area contributed by atoms with Crippen LogP contribution in [0.1, 0.15) is 12.7 Å². The molecule has 1 aromatic heterocycles. The molecule has 0 bridgehead atoms. The van der Waals surface area contributed by atoms with Crippen molar-refractivity contribution >= 4 is 21.4 Å². The van der Waals surface area contributed by atoms with Crippen LogP contribution in [-0.4, -0.2) is 23.3 Å². The Kier molecular flexibility index (Phi) is 3.89. The zero-order chi connectivity index (χ0) is 15.6. The van der Waals surface area contributed by atoms with Gasteiger partial charge < -0.3 is 4.98 Å². The SMILES string of the molecule is CCc1ncc(S(=O)(=O)Nc2ccc(F)cc2[N+](=O)[O-])[nH]1. The third kappa shape index (κ3) is 3.16. The highest BCUT2D eigenvalue weighted by atomic mass is 32.2. The van der Waals surface area contributed by atoms with Crippen LogP contribution in [-0.2, 0) is 16.4 Å². The van der Waals surface area contributed by atoms with Crippen molar-refractivity contribution in [3.05, 3.63) is 46.2 Å². The molecule has 10 heteroatoms. The second-order valence-electron chi connectivity index (χ2n) is 4.07. The van der Waals surface area contributed by atoms with Gasteiger partial charge in [-0.25, -0.2) is 9.37 Å². The Bertz CT molecular complexity index is 787. The highest BCUT2D eigenvalue weighted by molar-refractivity contribution is 7.92. The van der Waals surface area contributed by atoms with Gasteiger partial charge in [-0.2, -0.15) is 8.42 Å². The number of nitrogens with one attached hydrogen (secondary N) is 2. The van der Waals surface area contributed by atoms with Gasteiger partial charge in [0.25, 0.3) is 15.7 Å². The van der Waals surface area contributed by atoms with Crippen molar-refractivity contribution in [2.24, 2.45) is 0 Å². The number of rotatable bonds is 5. The second-order valence-corrected chi connectivity index (χ2v) is 5.72. The van der Waals surface area contributed by atoms with E-state index in [1.165, 1.54) is 0 Å². The first-order valence-electron chi connectivity index (χ1n) is 5.84. The van der Waals surface area contributed by atoms with E-state index in [-0.39, 0.29) is 10.7 Å². The minimum absolute atomic E-state index is 0.224. The van der Waals surface area contributed by atoms with Crippen LogP contribution in [0.25, 0.3) is 0 Å². The summed E-state index contributed by atoms with van der Waals surface area (Å²) in [5.41, 5.74) is -0.997. The molecule has 8 nitrogen and oxygen atoms in total. The molecule has 21 heavy (non-hydrogen) atoms. The Labute approximate surface area is 119 Å². The summed E-state index contributed by atoms with van der Waals surface area (Å²) in [4.78, 5) is 16.4. The minimum atomic E-state index is -4.07. The van der Waals surface area contributed by atoms with E-state index in [1.54, 1.807) is 6.92 Å². The van der Waals surface area contributed by atoms with Gasteiger partial charge in [0.2, 0.25) is 0 Å². The van der Waals surface area contributed by atoms with Gasteiger partial charge in [0, 0.05) is 6.42 Å². The Hall–Kier alpha value is -2.49. The van der Waals surface area contributed by atoms with Crippen molar-refractivity contribution in [2.75, 3.05) is 4.72 Å². The third-order valence-electron chi connectivity index (χ3n) is 2.63. The lowest BCUT2D eigenvalue weighted by Gasteiger charge is -2.06. The summed E-state index contributed by atoms with van der Waals surface area (Å²) in [6.45, 7) is 1.79. The molecule has 0 saturated heterocycles. The standard InChI is InChI=1S/C11H11FN4O4S/c1-2-10-13-6-11(14-10)21(19,20)15-8-4-3-7(12)5-9(8)16(17)18/h3-6,15H,2H2,1H3,(H,13,14). The summed E-state index contributed by atoms with van der Waals surface area (Å²) in [5.74, 6) is -0.372. The van der Waals surface area contributed by atoms with Crippen molar-refractivity contribution < 1.29 is 17.7 Å². The molecular formula is C11H11FN4O4S. The van der Waals surface area contributed by atoms with Crippen molar-refractivity contribution in [3.8, 4) is 0 Å². The van der Waals surface area contributed by atoms with E-state index in [1.807, 2.05) is 4.72 Å². The number of imidazole rings is 1. The smallest absolute Gasteiger partial charge is 0.296 e. The molecule has 0 aliphatic heterocycles. The first-order chi connectivity index (χ1) is 9.83. The Morgan fingerprint density at radius 2 is 2.19 bits per heavy atom. The maximum absolute atomic E-state index is 13.0. The molecule has 0 saturated carbocycles. The lowest BCUT2D eigenvalue weighted by molar-refractivity contribution is -0.384. The van der Waals surface area contributed by atoms with Crippen LogP contribution in [0, 0.1) is 15.9 Å². The van der Waals surface area contributed by atoms with E-state index in [4.69, 9.17) is 0 Å². The number of aromatic amines is 1. The molecule has 0 amide bonds. The molecule has 0 unspecified atom stereocenters. The van der Waals surface area contributed by atoms with Crippen molar-refractivity contribution in [1.29, 1.82) is 0 Å². The van der Waals surface area contributed by atoms with Gasteiger partial charge >= 0.3 is 0 Å². The summed E-state index contributed by atoms with van der Waals surface area (Å²) < 4.78 is 39.2. The van der Waals surface area contributed by atoms with Crippen molar-refractivity contribution in [3.63, 3.8) is 0 Å². The Balaban J connectivity index is 2.39. The van der Waals surface area contributed by atoms with Gasteiger partial charge in [0.05, 0.1) is 17.2 Å². The van der Waals surface area contributed by atoms with E-state index in [0.29, 0.717) is 18.3 Å². The Morgan fingerprint density at radius 1 is 1.48 bits per heavy atom. The highest BCUT2D eigenvalue weighted by Crippen LogP contribution is 2.27. The number of nitro benzene ring substituents is 1. The zero-order valence-corrected chi connectivity index (χ0v) is 11.6. The zero-order valence-electron chi connectivity index (χ0n) is 10.8. The monoisotopic (exact) mass is 314 g/mol. The summed E-state index contributed by atoms with van der Waals surface area (Å²) in [6, 6.07) is 2.56. The molecule has 2 N–H and O–H groups in total. The molecule has 0 fully saturated rings. The third-order valence-corrected chi connectivity index (χ3v) is 3.91. The van der Waals surface area contributed by atoms with Gasteiger partial charge in [0.15, 0.2) is 5.03 Å². The average molecular weight is 314 g/mol. The number of anilines is 1. The normalized spacial score (nSPS) is 11.3. The molecule has 0 radical (unpaired) electrons. The van der Waals surface area contributed by atoms with Crippen LogP contribution in [0.3, 0.4) is 0 Å². The number of sulfonamides is 1. The van der Waals surface area contributed by atoms with Crippen molar-refractivity contribution in [2.45, 2.75) is 18.4 Å². The number of nitrogens with zero attached hydrogens (tertiary/aromatic N) is 2. The molecule has 2 rings (SSSR count). The first kappa shape index (κ1) is 14.9. The number of aromatic nitrogens is 2.